The SMILES string of the molecule is CN1c2ccc(N)c(C=N)c2[C@H]2[C@@H]3CC[C@H](C3)[C@H]2C1(C)c1ccc(N)nc1. The van der Waals surface area contributed by atoms with Crippen LogP contribution in [0, 0.1) is 23.2 Å². The fourth-order valence-electron chi connectivity index (χ4n) is 6.53. The average molecular weight is 361 g/mol. The van der Waals surface area contributed by atoms with Crippen molar-refractivity contribution in [3.63, 3.8) is 0 Å². The standard InChI is InChI=1S/C22H27N5/c1-22(14-5-8-18(25)26-11-14)21-13-4-3-12(9-13)19(21)20-15(10-23)16(24)6-7-17(20)27(22)2/h5-8,10-13,19,21,23H,3-4,9,24H2,1-2H3,(H2,25,26)/t12-,13-,19-,21-,22?/m1/s1. The number of fused-ring (bicyclic) bond motifs is 7. The molecule has 5 atom stereocenters. The molecule has 2 bridgehead atoms. The lowest BCUT2D eigenvalue weighted by atomic mass is 9.60. The van der Waals surface area contributed by atoms with Gasteiger partial charge < -0.3 is 21.8 Å². The predicted octanol–water partition coefficient (Wildman–Crippen LogP) is 3.74. The molecule has 2 fully saturated rings. The first-order chi connectivity index (χ1) is 13.0. The van der Waals surface area contributed by atoms with Gasteiger partial charge in [0.1, 0.15) is 5.82 Å². The van der Waals surface area contributed by atoms with E-state index in [9.17, 15) is 0 Å². The molecule has 5 heteroatoms. The van der Waals surface area contributed by atoms with Crippen molar-refractivity contribution in [1.82, 2.24) is 4.98 Å². The minimum atomic E-state index is -0.145. The van der Waals surface area contributed by atoms with Gasteiger partial charge in [-0.25, -0.2) is 4.98 Å². The molecule has 5 nitrogen and oxygen atoms in total. The summed E-state index contributed by atoms with van der Waals surface area (Å²) in [6, 6.07) is 8.15. The Kier molecular flexibility index (Phi) is 3.37. The first-order valence-electron chi connectivity index (χ1n) is 9.85. The summed E-state index contributed by atoms with van der Waals surface area (Å²) in [5.74, 6) is 2.91. The molecular formula is C22H27N5. The van der Waals surface area contributed by atoms with E-state index in [-0.39, 0.29) is 5.54 Å². The summed E-state index contributed by atoms with van der Waals surface area (Å²) in [6.45, 7) is 2.36. The number of nitrogens with two attached hydrogens (primary N) is 2. The van der Waals surface area contributed by atoms with Gasteiger partial charge in [-0.15, -0.1) is 0 Å². The van der Waals surface area contributed by atoms with Crippen LogP contribution in [0.3, 0.4) is 0 Å². The lowest BCUT2D eigenvalue weighted by Gasteiger charge is -2.55. The fourth-order valence-corrected chi connectivity index (χ4v) is 6.53. The highest BCUT2D eigenvalue weighted by atomic mass is 15.2. The fraction of sp³-hybridized carbons (Fsp3) is 0.455. The third kappa shape index (κ3) is 2.00. The number of rotatable bonds is 2. The number of aromatic nitrogens is 1. The molecule has 1 aromatic heterocycles. The molecule has 0 radical (unpaired) electrons. The van der Waals surface area contributed by atoms with Crippen molar-refractivity contribution < 1.29 is 0 Å². The second-order valence-corrected chi connectivity index (χ2v) is 8.71. The summed E-state index contributed by atoms with van der Waals surface area (Å²) in [4.78, 5) is 6.82. The van der Waals surface area contributed by atoms with Crippen LogP contribution >= 0.6 is 0 Å². The number of hydrogen-bond donors (Lipinski definition) is 3. The Morgan fingerprint density at radius 1 is 1.19 bits per heavy atom. The molecule has 27 heavy (non-hydrogen) atoms. The third-order valence-corrected chi connectivity index (χ3v) is 7.77. The Morgan fingerprint density at radius 2 is 1.96 bits per heavy atom. The van der Waals surface area contributed by atoms with Crippen LogP contribution in [0.25, 0.3) is 0 Å². The van der Waals surface area contributed by atoms with Crippen LogP contribution in [-0.2, 0) is 5.54 Å². The summed E-state index contributed by atoms with van der Waals surface area (Å²) >= 11 is 0. The Balaban J connectivity index is 1.78. The van der Waals surface area contributed by atoms with Gasteiger partial charge in [-0.2, -0.15) is 0 Å². The second-order valence-electron chi connectivity index (χ2n) is 8.71. The van der Waals surface area contributed by atoms with Crippen LogP contribution in [-0.4, -0.2) is 18.2 Å². The Labute approximate surface area is 160 Å². The number of benzene rings is 1. The molecule has 2 aliphatic carbocycles. The highest BCUT2D eigenvalue weighted by Crippen LogP contribution is 2.67. The van der Waals surface area contributed by atoms with Crippen molar-refractivity contribution in [2.24, 2.45) is 17.8 Å². The van der Waals surface area contributed by atoms with Crippen molar-refractivity contribution in [3.8, 4) is 0 Å². The number of pyridine rings is 1. The maximum absolute atomic E-state index is 8.02. The lowest BCUT2D eigenvalue weighted by molar-refractivity contribution is 0.156. The lowest BCUT2D eigenvalue weighted by Crippen LogP contribution is -2.54. The van der Waals surface area contributed by atoms with E-state index >= 15 is 0 Å². The van der Waals surface area contributed by atoms with E-state index in [2.05, 4.69) is 36.0 Å². The van der Waals surface area contributed by atoms with Crippen molar-refractivity contribution in [3.05, 3.63) is 47.2 Å². The highest BCUT2D eigenvalue weighted by Gasteiger charge is 2.60. The summed E-state index contributed by atoms with van der Waals surface area (Å²) in [6.07, 6.45) is 7.28. The van der Waals surface area contributed by atoms with Gasteiger partial charge in [0, 0.05) is 36.4 Å². The van der Waals surface area contributed by atoms with Crippen LogP contribution in [0.15, 0.2) is 30.5 Å². The zero-order valence-corrected chi connectivity index (χ0v) is 15.9. The third-order valence-electron chi connectivity index (χ3n) is 7.77. The molecule has 0 saturated heterocycles. The van der Waals surface area contributed by atoms with Crippen molar-refractivity contribution in [2.75, 3.05) is 23.4 Å². The van der Waals surface area contributed by atoms with Gasteiger partial charge in [0.05, 0.1) is 5.54 Å². The first-order valence-corrected chi connectivity index (χ1v) is 9.85. The molecule has 0 spiro atoms. The largest absolute Gasteiger partial charge is 0.398 e. The summed E-state index contributed by atoms with van der Waals surface area (Å²) in [5.41, 5.74) is 17.4. The van der Waals surface area contributed by atoms with Gasteiger partial charge in [-0.3, -0.25) is 0 Å². The van der Waals surface area contributed by atoms with Gasteiger partial charge in [-0.05, 0) is 79.2 Å². The highest BCUT2D eigenvalue weighted by molar-refractivity contribution is 5.91. The molecular weight excluding hydrogens is 334 g/mol. The molecule has 2 heterocycles. The molecule has 3 aliphatic rings. The topological polar surface area (TPSA) is 92.0 Å². The first kappa shape index (κ1) is 16.6. The molecule has 5 rings (SSSR count). The predicted molar refractivity (Wildman–Crippen MR) is 110 cm³/mol. The maximum Gasteiger partial charge on any atom is 0.123 e. The van der Waals surface area contributed by atoms with Crippen LogP contribution in [0.4, 0.5) is 17.2 Å². The van der Waals surface area contributed by atoms with Crippen LogP contribution in [0.2, 0.25) is 0 Å². The van der Waals surface area contributed by atoms with Gasteiger partial charge in [-0.1, -0.05) is 6.07 Å². The van der Waals surface area contributed by atoms with Gasteiger partial charge in [0.15, 0.2) is 0 Å². The van der Waals surface area contributed by atoms with E-state index in [0.29, 0.717) is 29.5 Å². The zero-order valence-electron chi connectivity index (χ0n) is 15.9. The average Bonchev–Trinajstić information content (AvgIpc) is 3.28. The second kappa shape index (κ2) is 5.47. The van der Waals surface area contributed by atoms with E-state index in [1.807, 2.05) is 18.3 Å². The van der Waals surface area contributed by atoms with E-state index in [1.54, 1.807) is 0 Å². The number of nitrogen functional groups attached to an aromatic ring is 2. The monoisotopic (exact) mass is 361 g/mol. The van der Waals surface area contributed by atoms with Crippen molar-refractivity contribution in [2.45, 2.75) is 37.6 Å². The molecule has 2 aromatic rings. The minimum Gasteiger partial charge on any atom is -0.398 e. The van der Waals surface area contributed by atoms with Crippen LogP contribution in [0.5, 0.6) is 0 Å². The number of nitrogens with one attached hydrogen (secondary N) is 1. The maximum atomic E-state index is 8.02. The van der Waals surface area contributed by atoms with Gasteiger partial charge >= 0.3 is 0 Å². The Morgan fingerprint density at radius 3 is 2.67 bits per heavy atom. The smallest absolute Gasteiger partial charge is 0.123 e. The molecule has 1 aromatic carbocycles. The summed E-state index contributed by atoms with van der Waals surface area (Å²) < 4.78 is 0. The molecule has 0 amide bonds. The molecule has 2 saturated carbocycles. The summed E-state index contributed by atoms with van der Waals surface area (Å²) in [7, 11) is 2.18. The van der Waals surface area contributed by atoms with Gasteiger partial charge in [0.25, 0.3) is 0 Å². The molecule has 140 valence electrons. The quantitative estimate of drug-likeness (QED) is 0.561. The molecule has 1 aliphatic heterocycles. The van der Waals surface area contributed by atoms with Gasteiger partial charge in [0.2, 0.25) is 0 Å². The Hall–Kier alpha value is -2.56. The van der Waals surface area contributed by atoms with E-state index in [4.69, 9.17) is 16.9 Å². The van der Waals surface area contributed by atoms with Crippen molar-refractivity contribution >= 4 is 23.4 Å². The number of nitrogens with zero attached hydrogens (tertiary/aromatic N) is 2. The minimum absolute atomic E-state index is 0.145. The zero-order chi connectivity index (χ0) is 18.9. The normalized spacial score (nSPS) is 33.6. The van der Waals surface area contributed by atoms with Crippen LogP contribution < -0.4 is 16.4 Å². The number of hydrogen-bond acceptors (Lipinski definition) is 5. The van der Waals surface area contributed by atoms with E-state index in [1.165, 1.54) is 42.3 Å². The van der Waals surface area contributed by atoms with E-state index in [0.717, 1.165) is 11.3 Å². The van der Waals surface area contributed by atoms with E-state index < -0.39 is 0 Å². The molecule has 1 unspecified atom stereocenters. The number of anilines is 3. The summed E-state index contributed by atoms with van der Waals surface area (Å²) in [5, 5.41) is 8.02. The van der Waals surface area contributed by atoms with Crippen molar-refractivity contribution in [1.29, 1.82) is 5.41 Å². The molecule has 5 N–H and O–H groups in total. The van der Waals surface area contributed by atoms with Crippen LogP contribution in [0.1, 0.15) is 48.8 Å². The Bertz CT molecular complexity index is 921.